The lowest BCUT2D eigenvalue weighted by atomic mass is 9.94. The van der Waals surface area contributed by atoms with Crippen LogP contribution in [0.25, 0.3) is 0 Å². The molecule has 1 saturated heterocycles. The van der Waals surface area contributed by atoms with Gasteiger partial charge in [0.05, 0.1) is 6.04 Å². The third-order valence-corrected chi connectivity index (χ3v) is 4.47. The van der Waals surface area contributed by atoms with Gasteiger partial charge in [-0.2, -0.15) is 0 Å². The molecule has 1 amide bonds. The molecule has 1 aliphatic heterocycles. The minimum atomic E-state index is -0.981. The molecule has 0 N–H and O–H groups in total. The molecule has 2 aromatic rings. The van der Waals surface area contributed by atoms with E-state index in [4.69, 9.17) is 4.74 Å². The van der Waals surface area contributed by atoms with Crippen LogP contribution in [0.5, 0.6) is 0 Å². The van der Waals surface area contributed by atoms with Crippen LogP contribution in [0.4, 0.5) is 13.2 Å². The van der Waals surface area contributed by atoms with Crippen LogP contribution in [-0.2, 0) is 9.53 Å². The Morgan fingerprint density at radius 1 is 1.00 bits per heavy atom. The first-order chi connectivity index (χ1) is 12.0. The Morgan fingerprint density at radius 3 is 2.24 bits per heavy atom. The predicted molar refractivity (Wildman–Crippen MR) is 86.2 cm³/mol. The number of hydrogen-bond donors (Lipinski definition) is 0. The van der Waals surface area contributed by atoms with Crippen molar-refractivity contribution in [1.82, 2.24) is 4.90 Å². The van der Waals surface area contributed by atoms with Crippen LogP contribution in [0.15, 0.2) is 42.5 Å². The third-order valence-electron chi connectivity index (χ3n) is 4.47. The summed E-state index contributed by atoms with van der Waals surface area (Å²) < 4.78 is 45.8. The summed E-state index contributed by atoms with van der Waals surface area (Å²) >= 11 is 0. The molecule has 132 valence electrons. The molecule has 0 aliphatic carbocycles. The zero-order valence-electron chi connectivity index (χ0n) is 13.7. The van der Waals surface area contributed by atoms with Crippen LogP contribution < -0.4 is 0 Å². The number of carbonyl (C=O) groups is 1. The lowest BCUT2D eigenvalue weighted by Gasteiger charge is -2.34. The highest BCUT2D eigenvalue weighted by molar-refractivity contribution is 5.78. The molecule has 2 aromatic carbocycles. The summed E-state index contributed by atoms with van der Waals surface area (Å²) in [6.45, 7) is 0.532. The smallest absolute Gasteiger partial charge is 0.223 e. The second kappa shape index (κ2) is 7.27. The number of benzene rings is 2. The molecule has 1 unspecified atom stereocenters. The number of ether oxygens (including phenoxy) is 1. The topological polar surface area (TPSA) is 29.5 Å². The van der Waals surface area contributed by atoms with Crippen molar-refractivity contribution in [3.63, 3.8) is 0 Å². The Hall–Kier alpha value is -2.34. The van der Waals surface area contributed by atoms with Crippen LogP contribution in [0.1, 0.15) is 36.1 Å². The predicted octanol–water partition coefficient (Wildman–Crippen LogP) is 4.16. The van der Waals surface area contributed by atoms with E-state index in [0.717, 1.165) is 12.1 Å². The van der Waals surface area contributed by atoms with E-state index < -0.39 is 29.6 Å². The third kappa shape index (κ3) is 3.54. The van der Waals surface area contributed by atoms with Crippen LogP contribution >= 0.6 is 0 Å². The highest BCUT2D eigenvalue weighted by Gasteiger charge is 2.36. The van der Waals surface area contributed by atoms with E-state index in [2.05, 4.69) is 0 Å². The second-order valence-corrected chi connectivity index (χ2v) is 6.02. The Kier molecular flexibility index (Phi) is 5.08. The summed E-state index contributed by atoms with van der Waals surface area (Å²) in [5, 5.41) is 0. The average Bonchev–Trinajstić information content (AvgIpc) is 3.02. The zero-order chi connectivity index (χ0) is 18.0. The molecule has 3 nitrogen and oxygen atoms in total. The summed E-state index contributed by atoms with van der Waals surface area (Å²) in [4.78, 5) is 13.9. The van der Waals surface area contributed by atoms with E-state index >= 15 is 0 Å². The Morgan fingerprint density at radius 2 is 1.68 bits per heavy atom. The number of likely N-dealkylation sites (tertiary alicyclic amines) is 1. The fourth-order valence-electron chi connectivity index (χ4n) is 3.28. The van der Waals surface area contributed by atoms with Crippen LogP contribution in [0.3, 0.4) is 0 Å². The summed E-state index contributed by atoms with van der Waals surface area (Å²) in [6.07, 6.45) is 0.430. The van der Waals surface area contributed by atoms with E-state index in [1.807, 2.05) is 0 Å². The average molecular weight is 349 g/mol. The molecule has 0 aromatic heterocycles. The van der Waals surface area contributed by atoms with Crippen molar-refractivity contribution in [3.05, 3.63) is 71.0 Å². The summed E-state index contributed by atoms with van der Waals surface area (Å²) in [7, 11) is 1.45. The van der Waals surface area contributed by atoms with Crippen molar-refractivity contribution < 1.29 is 22.7 Å². The van der Waals surface area contributed by atoms with Crippen LogP contribution in [0.2, 0.25) is 0 Å². The molecule has 0 bridgehead atoms. The van der Waals surface area contributed by atoms with Gasteiger partial charge in [-0.05, 0) is 41.8 Å². The van der Waals surface area contributed by atoms with Gasteiger partial charge < -0.3 is 9.64 Å². The Balaban J connectivity index is 2.05. The van der Waals surface area contributed by atoms with Gasteiger partial charge in [0, 0.05) is 20.1 Å². The molecule has 3 rings (SSSR count). The number of methoxy groups -OCH3 is 1. The maximum absolute atomic E-state index is 13.7. The first-order valence-corrected chi connectivity index (χ1v) is 8.04. The molecule has 6 heteroatoms. The highest BCUT2D eigenvalue weighted by Crippen LogP contribution is 2.39. The number of halogens is 3. The van der Waals surface area contributed by atoms with Gasteiger partial charge in [-0.3, -0.25) is 4.79 Å². The van der Waals surface area contributed by atoms with Gasteiger partial charge in [0.2, 0.25) is 5.91 Å². The van der Waals surface area contributed by atoms with Crippen LogP contribution in [-0.4, -0.2) is 24.5 Å². The zero-order valence-corrected chi connectivity index (χ0v) is 13.7. The van der Waals surface area contributed by atoms with E-state index in [-0.39, 0.29) is 5.91 Å². The maximum atomic E-state index is 13.7. The molecule has 2 atom stereocenters. The van der Waals surface area contributed by atoms with Gasteiger partial charge in [-0.1, -0.05) is 18.2 Å². The SMILES string of the molecule is CO[C@H](c1ccc(F)c(F)c1)C(c1ccc(F)cc1)N1CCCC1=O. The maximum Gasteiger partial charge on any atom is 0.223 e. The molecule has 1 heterocycles. The molecule has 0 radical (unpaired) electrons. The highest BCUT2D eigenvalue weighted by atomic mass is 19.2. The summed E-state index contributed by atoms with van der Waals surface area (Å²) in [5.41, 5.74) is 1.09. The van der Waals surface area contributed by atoms with Crippen molar-refractivity contribution in [3.8, 4) is 0 Å². The molecule has 0 saturated carbocycles. The lowest BCUT2D eigenvalue weighted by molar-refractivity contribution is -0.133. The number of rotatable bonds is 5. The van der Waals surface area contributed by atoms with Gasteiger partial charge in [-0.15, -0.1) is 0 Å². The Bertz CT molecular complexity index is 764. The van der Waals surface area contributed by atoms with Crippen molar-refractivity contribution in [2.75, 3.05) is 13.7 Å². The number of hydrogen-bond acceptors (Lipinski definition) is 2. The van der Waals surface area contributed by atoms with Crippen molar-refractivity contribution in [1.29, 1.82) is 0 Å². The molecule has 1 aliphatic rings. The number of carbonyl (C=O) groups excluding carboxylic acids is 1. The monoisotopic (exact) mass is 349 g/mol. The van der Waals surface area contributed by atoms with E-state index in [0.29, 0.717) is 30.5 Å². The molecular weight excluding hydrogens is 331 g/mol. The molecule has 25 heavy (non-hydrogen) atoms. The number of amides is 1. The molecule has 0 spiro atoms. The first kappa shape index (κ1) is 17.5. The minimum absolute atomic E-state index is 0.0426. The molecular formula is C19H18F3NO2. The first-order valence-electron chi connectivity index (χ1n) is 8.04. The van der Waals surface area contributed by atoms with E-state index in [1.165, 1.54) is 25.3 Å². The van der Waals surface area contributed by atoms with Crippen molar-refractivity contribution >= 4 is 5.91 Å². The molecule has 1 fully saturated rings. The summed E-state index contributed by atoms with van der Waals surface area (Å²) in [6, 6.07) is 8.76. The normalized spacial score (nSPS) is 17.0. The lowest BCUT2D eigenvalue weighted by Crippen LogP contribution is -2.34. The summed E-state index contributed by atoms with van der Waals surface area (Å²) in [5.74, 6) is -2.37. The fraction of sp³-hybridized carbons (Fsp3) is 0.316. The van der Waals surface area contributed by atoms with Gasteiger partial charge in [-0.25, -0.2) is 13.2 Å². The fourth-order valence-corrected chi connectivity index (χ4v) is 3.28. The number of nitrogens with zero attached hydrogens (tertiary/aromatic N) is 1. The van der Waals surface area contributed by atoms with Gasteiger partial charge in [0.15, 0.2) is 11.6 Å². The van der Waals surface area contributed by atoms with E-state index in [1.54, 1.807) is 17.0 Å². The van der Waals surface area contributed by atoms with Crippen LogP contribution in [0, 0.1) is 17.5 Å². The van der Waals surface area contributed by atoms with Gasteiger partial charge in [0.25, 0.3) is 0 Å². The quantitative estimate of drug-likeness (QED) is 0.811. The second-order valence-electron chi connectivity index (χ2n) is 6.02. The Labute approximate surface area is 144 Å². The van der Waals surface area contributed by atoms with Crippen molar-refractivity contribution in [2.24, 2.45) is 0 Å². The van der Waals surface area contributed by atoms with E-state index in [9.17, 15) is 18.0 Å². The largest absolute Gasteiger partial charge is 0.374 e. The van der Waals surface area contributed by atoms with Gasteiger partial charge >= 0.3 is 0 Å². The minimum Gasteiger partial charge on any atom is -0.374 e. The standard InChI is InChI=1S/C19H18F3NO2/c1-25-19(13-6-9-15(21)16(22)11-13)18(23-10-2-3-17(23)24)12-4-7-14(20)8-5-12/h4-9,11,18-19H,2-3,10H2,1H3/t18?,19-/m1/s1. The van der Waals surface area contributed by atoms with Gasteiger partial charge in [0.1, 0.15) is 11.9 Å². The van der Waals surface area contributed by atoms with Crippen molar-refractivity contribution in [2.45, 2.75) is 25.0 Å².